The van der Waals surface area contributed by atoms with Crippen molar-refractivity contribution in [3.05, 3.63) is 48.2 Å². The normalized spacial score (nSPS) is 11.7. The molecule has 4 heteroatoms. The Morgan fingerprint density at radius 3 is 2.76 bits per heavy atom. The summed E-state index contributed by atoms with van der Waals surface area (Å²) in [4.78, 5) is 14.7. The van der Waals surface area contributed by atoms with Crippen LogP contribution in [-0.2, 0) is 11.2 Å². The minimum absolute atomic E-state index is 0.0374. The van der Waals surface area contributed by atoms with E-state index >= 15 is 0 Å². The standard InChI is InChI=1S/C21H26N2O2/c1-4-23(15(2)3)12-11-22-20(24)13-17-14-25-19-10-9-16-7-5-6-8-18(16)21(17)19/h5-10,14-15H,4,11-13H2,1-3H3,(H,22,24). The second kappa shape index (κ2) is 7.70. The molecule has 0 fully saturated rings. The van der Waals surface area contributed by atoms with Crippen LogP contribution in [0, 0.1) is 0 Å². The fourth-order valence-corrected chi connectivity index (χ4v) is 3.36. The molecule has 0 spiro atoms. The quantitative estimate of drug-likeness (QED) is 0.709. The van der Waals surface area contributed by atoms with Crippen molar-refractivity contribution in [2.45, 2.75) is 33.2 Å². The van der Waals surface area contributed by atoms with E-state index in [-0.39, 0.29) is 5.91 Å². The third kappa shape index (κ3) is 3.85. The summed E-state index contributed by atoms with van der Waals surface area (Å²) in [5.41, 5.74) is 1.78. The van der Waals surface area contributed by atoms with E-state index in [0.717, 1.165) is 40.4 Å². The van der Waals surface area contributed by atoms with Gasteiger partial charge in [0.15, 0.2) is 0 Å². The van der Waals surface area contributed by atoms with E-state index < -0.39 is 0 Å². The molecule has 0 aliphatic heterocycles. The highest BCUT2D eigenvalue weighted by Crippen LogP contribution is 2.30. The fraction of sp³-hybridized carbons (Fsp3) is 0.381. The second-order valence-corrected chi connectivity index (χ2v) is 6.67. The maximum absolute atomic E-state index is 12.4. The third-order valence-electron chi connectivity index (χ3n) is 4.75. The summed E-state index contributed by atoms with van der Waals surface area (Å²) in [7, 11) is 0. The molecule has 1 heterocycles. The highest BCUT2D eigenvalue weighted by atomic mass is 16.3. The summed E-state index contributed by atoms with van der Waals surface area (Å²) < 4.78 is 5.66. The lowest BCUT2D eigenvalue weighted by Gasteiger charge is -2.24. The van der Waals surface area contributed by atoms with Crippen LogP contribution < -0.4 is 5.32 Å². The maximum atomic E-state index is 12.4. The zero-order valence-electron chi connectivity index (χ0n) is 15.2. The van der Waals surface area contributed by atoms with Gasteiger partial charge in [-0.2, -0.15) is 0 Å². The maximum Gasteiger partial charge on any atom is 0.224 e. The van der Waals surface area contributed by atoms with Gasteiger partial charge < -0.3 is 9.73 Å². The first-order valence-corrected chi connectivity index (χ1v) is 8.98. The van der Waals surface area contributed by atoms with Crippen LogP contribution in [0.5, 0.6) is 0 Å². The average Bonchev–Trinajstić information content (AvgIpc) is 3.01. The molecular weight excluding hydrogens is 312 g/mol. The van der Waals surface area contributed by atoms with Gasteiger partial charge in [0.05, 0.1) is 12.7 Å². The molecule has 0 saturated carbocycles. The van der Waals surface area contributed by atoms with E-state index in [1.807, 2.05) is 18.2 Å². The van der Waals surface area contributed by atoms with Crippen LogP contribution in [0.25, 0.3) is 21.7 Å². The van der Waals surface area contributed by atoms with Crippen LogP contribution in [0.2, 0.25) is 0 Å². The molecule has 25 heavy (non-hydrogen) atoms. The molecule has 1 N–H and O–H groups in total. The van der Waals surface area contributed by atoms with E-state index in [9.17, 15) is 4.79 Å². The van der Waals surface area contributed by atoms with Crippen molar-refractivity contribution < 1.29 is 9.21 Å². The number of amides is 1. The molecule has 0 atom stereocenters. The van der Waals surface area contributed by atoms with Gasteiger partial charge in [-0.1, -0.05) is 37.3 Å². The molecule has 0 saturated heterocycles. The van der Waals surface area contributed by atoms with E-state index in [4.69, 9.17) is 4.42 Å². The van der Waals surface area contributed by atoms with Crippen molar-refractivity contribution >= 4 is 27.6 Å². The molecule has 0 aliphatic carbocycles. The number of hydrogen-bond donors (Lipinski definition) is 1. The summed E-state index contributed by atoms with van der Waals surface area (Å²) in [6.07, 6.45) is 2.05. The molecule has 1 amide bonds. The molecule has 2 aromatic carbocycles. The Morgan fingerprint density at radius 1 is 1.20 bits per heavy atom. The predicted octanol–water partition coefficient (Wildman–Crippen LogP) is 3.98. The van der Waals surface area contributed by atoms with E-state index in [0.29, 0.717) is 19.0 Å². The molecule has 3 rings (SSSR count). The van der Waals surface area contributed by atoms with E-state index in [1.54, 1.807) is 6.26 Å². The van der Waals surface area contributed by atoms with Gasteiger partial charge in [0.1, 0.15) is 5.58 Å². The number of nitrogens with zero attached hydrogens (tertiary/aromatic N) is 1. The molecular formula is C21H26N2O2. The van der Waals surface area contributed by atoms with Gasteiger partial charge in [0.25, 0.3) is 0 Å². The number of fused-ring (bicyclic) bond motifs is 3. The summed E-state index contributed by atoms with van der Waals surface area (Å²) in [6, 6.07) is 12.7. The van der Waals surface area contributed by atoms with Crippen LogP contribution in [0.4, 0.5) is 0 Å². The van der Waals surface area contributed by atoms with Crippen molar-refractivity contribution in [3.63, 3.8) is 0 Å². The van der Waals surface area contributed by atoms with Gasteiger partial charge in [0.2, 0.25) is 5.91 Å². The molecule has 0 bridgehead atoms. The summed E-state index contributed by atoms with van der Waals surface area (Å²) >= 11 is 0. The van der Waals surface area contributed by atoms with Gasteiger partial charge in [0, 0.05) is 30.1 Å². The Hall–Kier alpha value is -2.33. The Labute approximate surface area is 148 Å². The van der Waals surface area contributed by atoms with Gasteiger partial charge in [-0.15, -0.1) is 0 Å². The second-order valence-electron chi connectivity index (χ2n) is 6.67. The van der Waals surface area contributed by atoms with Gasteiger partial charge in [-0.25, -0.2) is 0 Å². The van der Waals surface area contributed by atoms with Crippen LogP contribution >= 0.6 is 0 Å². The van der Waals surface area contributed by atoms with Crippen molar-refractivity contribution in [1.29, 1.82) is 0 Å². The molecule has 3 aromatic rings. The number of benzene rings is 2. The number of carbonyl (C=O) groups excluding carboxylic acids is 1. The SMILES string of the molecule is CCN(CCNC(=O)Cc1coc2ccc3ccccc3c12)C(C)C. The summed E-state index contributed by atoms with van der Waals surface area (Å²) in [6.45, 7) is 9.02. The van der Waals surface area contributed by atoms with Crippen molar-refractivity contribution in [1.82, 2.24) is 10.2 Å². The average molecular weight is 338 g/mol. The number of carbonyl (C=O) groups is 1. The predicted molar refractivity (Wildman–Crippen MR) is 103 cm³/mol. The first-order valence-electron chi connectivity index (χ1n) is 8.98. The monoisotopic (exact) mass is 338 g/mol. The first-order chi connectivity index (χ1) is 12.1. The Bertz CT molecular complexity index is 867. The Morgan fingerprint density at radius 2 is 2.00 bits per heavy atom. The first kappa shape index (κ1) is 17.5. The smallest absolute Gasteiger partial charge is 0.224 e. The number of rotatable bonds is 7. The molecule has 1 aromatic heterocycles. The summed E-state index contributed by atoms with van der Waals surface area (Å²) in [5, 5.41) is 6.37. The van der Waals surface area contributed by atoms with Gasteiger partial charge >= 0.3 is 0 Å². The number of likely N-dealkylation sites (N-methyl/N-ethyl adjacent to an activating group) is 1. The Balaban J connectivity index is 1.70. The van der Waals surface area contributed by atoms with Gasteiger partial charge in [-0.3, -0.25) is 9.69 Å². The van der Waals surface area contributed by atoms with Crippen LogP contribution in [0.1, 0.15) is 26.3 Å². The molecule has 4 nitrogen and oxygen atoms in total. The third-order valence-corrected chi connectivity index (χ3v) is 4.75. The van der Waals surface area contributed by atoms with Crippen molar-refractivity contribution in [2.75, 3.05) is 19.6 Å². The van der Waals surface area contributed by atoms with Crippen molar-refractivity contribution in [2.24, 2.45) is 0 Å². The minimum atomic E-state index is 0.0374. The lowest BCUT2D eigenvalue weighted by Crippen LogP contribution is -2.38. The number of hydrogen-bond acceptors (Lipinski definition) is 3. The zero-order valence-corrected chi connectivity index (χ0v) is 15.2. The van der Waals surface area contributed by atoms with Crippen LogP contribution in [0.15, 0.2) is 47.1 Å². The van der Waals surface area contributed by atoms with E-state index in [2.05, 4.69) is 49.2 Å². The largest absolute Gasteiger partial charge is 0.464 e. The molecule has 0 unspecified atom stereocenters. The summed E-state index contributed by atoms with van der Waals surface area (Å²) in [5.74, 6) is 0.0374. The van der Waals surface area contributed by atoms with Crippen LogP contribution in [0.3, 0.4) is 0 Å². The van der Waals surface area contributed by atoms with Crippen molar-refractivity contribution in [3.8, 4) is 0 Å². The minimum Gasteiger partial charge on any atom is -0.464 e. The highest BCUT2D eigenvalue weighted by molar-refractivity contribution is 6.08. The lowest BCUT2D eigenvalue weighted by molar-refractivity contribution is -0.120. The molecule has 132 valence electrons. The topological polar surface area (TPSA) is 45.5 Å². The Kier molecular flexibility index (Phi) is 5.39. The number of nitrogens with one attached hydrogen (secondary N) is 1. The fourth-order valence-electron chi connectivity index (χ4n) is 3.36. The molecule has 0 aliphatic rings. The lowest BCUT2D eigenvalue weighted by atomic mass is 10.0. The van der Waals surface area contributed by atoms with Crippen LogP contribution in [-0.4, -0.2) is 36.5 Å². The zero-order chi connectivity index (χ0) is 17.8. The number of furan rings is 1. The molecule has 0 radical (unpaired) electrons. The van der Waals surface area contributed by atoms with E-state index in [1.165, 1.54) is 0 Å². The van der Waals surface area contributed by atoms with Gasteiger partial charge in [-0.05, 0) is 37.2 Å². The highest BCUT2D eigenvalue weighted by Gasteiger charge is 2.13.